The molecule has 0 aromatic rings. The molecule has 0 aromatic heterocycles. The van der Waals surface area contributed by atoms with E-state index in [0.29, 0.717) is 6.17 Å². The van der Waals surface area contributed by atoms with Gasteiger partial charge in [0, 0.05) is 7.05 Å². The Bertz CT molecular complexity index is 137. The third-order valence-electron chi connectivity index (χ3n) is 1.88. The Hall–Kier alpha value is -0.250. The van der Waals surface area contributed by atoms with Crippen LogP contribution < -0.4 is 0 Å². The maximum Gasteiger partial charge on any atom is 0.129 e. The summed E-state index contributed by atoms with van der Waals surface area (Å²) in [5, 5.41) is 6.12. The lowest BCUT2D eigenvalue weighted by Gasteiger charge is -2.22. The molecule has 1 atom stereocenters. The van der Waals surface area contributed by atoms with Gasteiger partial charge in [0.05, 0.1) is 16.1 Å². The van der Waals surface area contributed by atoms with Crippen molar-refractivity contribution < 1.29 is 0 Å². The van der Waals surface area contributed by atoms with Crippen LogP contribution in [0.3, 0.4) is 0 Å². The van der Waals surface area contributed by atoms with Crippen LogP contribution in [0.4, 0.5) is 0 Å². The molecule has 1 rings (SSSR count). The molecular weight excluding hydrogens is 206 g/mol. The summed E-state index contributed by atoms with van der Waals surface area (Å²) in [6.07, 6.45) is 5.87. The van der Waals surface area contributed by atoms with Crippen molar-refractivity contribution in [3.05, 3.63) is 0 Å². The molecule has 1 aliphatic rings. The number of unbranched alkanes of at least 4 members (excludes halogenated alkanes) is 1. The van der Waals surface area contributed by atoms with Crippen molar-refractivity contribution in [1.82, 2.24) is 8.93 Å². The lowest BCUT2D eigenvalue weighted by atomic mass is 10.2. The molecule has 0 saturated heterocycles. The zero-order valence-electron chi connectivity index (χ0n) is 7.00. The van der Waals surface area contributed by atoms with Gasteiger partial charge in [-0.3, -0.25) is 8.93 Å². The fraction of sp³-hybridized carbons (Fsp3) is 0.857. The Morgan fingerprint density at radius 3 is 2.82 bits per heavy atom. The summed E-state index contributed by atoms with van der Waals surface area (Å²) in [5.41, 5.74) is 0. The summed E-state index contributed by atoms with van der Waals surface area (Å²) in [6, 6.07) is 0. The second-order valence-corrected chi connectivity index (χ2v) is 3.59. The molecular formula is C7H14BrN3. The van der Waals surface area contributed by atoms with Gasteiger partial charge < -0.3 is 0 Å². The van der Waals surface area contributed by atoms with Crippen molar-refractivity contribution in [3.8, 4) is 0 Å². The molecule has 0 bridgehead atoms. The Kier molecular flexibility index (Phi) is 3.17. The molecule has 0 aromatic carbocycles. The van der Waals surface area contributed by atoms with Gasteiger partial charge in [0.25, 0.3) is 0 Å². The van der Waals surface area contributed by atoms with Gasteiger partial charge in [-0.15, -0.1) is 0 Å². The van der Waals surface area contributed by atoms with E-state index in [9.17, 15) is 0 Å². The van der Waals surface area contributed by atoms with Crippen LogP contribution in [-0.2, 0) is 0 Å². The minimum atomic E-state index is 0.412. The Morgan fingerprint density at radius 2 is 2.36 bits per heavy atom. The van der Waals surface area contributed by atoms with Gasteiger partial charge in [-0.1, -0.05) is 13.3 Å². The lowest BCUT2D eigenvalue weighted by Crippen LogP contribution is -2.31. The molecule has 0 fully saturated rings. The maximum atomic E-state index is 4.14. The third kappa shape index (κ3) is 2.09. The van der Waals surface area contributed by atoms with Crippen molar-refractivity contribution >= 4 is 22.5 Å². The summed E-state index contributed by atoms with van der Waals surface area (Å²) in [7, 11) is 2.00. The van der Waals surface area contributed by atoms with Gasteiger partial charge in [0.2, 0.25) is 0 Å². The fourth-order valence-electron chi connectivity index (χ4n) is 1.14. The highest BCUT2D eigenvalue weighted by Crippen LogP contribution is 2.18. The molecule has 0 aliphatic carbocycles. The summed E-state index contributed by atoms with van der Waals surface area (Å²) in [6.45, 7) is 2.20. The van der Waals surface area contributed by atoms with E-state index in [2.05, 4.69) is 28.2 Å². The van der Waals surface area contributed by atoms with Crippen molar-refractivity contribution in [2.75, 3.05) is 7.05 Å². The van der Waals surface area contributed by atoms with E-state index in [0.717, 1.165) is 6.42 Å². The van der Waals surface area contributed by atoms with Crippen LogP contribution in [0.15, 0.2) is 5.10 Å². The number of hydrazone groups is 1. The zero-order chi connectivity index (χ0) is 8.27. The van der Waals surface area contributed by atoms with Crippen molar-refractivity contribution in [1.29, 1.82) is 0 Å². The predicted molar refractivity (Wildman–Crippen MR) is 50.3 cm³/mol. The quantitative estimate of drug-likeness (QED) is 0.677. The number of rotatable bonds is 3. The highest BCUT2D eigenvalue weighted by atomic mass is 79.9. The molecule has 64 valence electrons. The molecule has 1 aliphatic heterocycles. The molecule has 3 nitrogen and oxygen atoms in total. The second-order valence-electron chi connectivity index (χ2n) is 2.77. The van der Waals surface area contributed by atoms with Crippen molar-refractivity contribution in [2.45, 2.75) is 32.4 Å². The van der Waals surface area contributed by atoms with E-state index in [1.807, 2.05) is 16.0 Å². The van der Waals surface area contributed by atoms with Crippen LogP contribution in [0.5, 0.6) is 0 Å². The highest BCUT2D eigenvalue weighted by molar-refractivity contribution is 9.07. The topological polar surface area (TPSA) is 18.8 Å². The van der Waals surface area contributed by atoms with Crippen molar-refractivity contribution in [2.24, 2.45) is 5.10 Å². The monoisotopic (exact) mass is 219 g/mol. The Morgan fingerprint density at radius 1 is 1.64 bits per heavy atom. The molecule has 0 N–H and O–H groups in total. The van der Waals surface area contributed by atoms with E-state index in [-0.39, 0.29) is 0 Å². The van der Waals surface area contributed by atoms with Crippen LogP contribution in [0, 0.1) is 0 Å². The van der Waals surface area contributed by atoms with Crippen LogP contribution in [-0.4, -0.2) is 28.5 Å². The molecule has 0 spiro atoms. The number of nitrogens with zero attached hydrogens (tertiary/aromatic N) is 3. The lowest BCUT2D eigenvalue weighted by molar-refractivity contribution is 0.208. The minimum Gasteiger partial charge on any atom is -0.275 e. The molecule has 0 radical (unpaired) electrons. The molecule has 4 heteroatoms. The van der Waals surface area contributed by atoms with Gasteiger partial charge in [0.1, 0.15) is 12.5 Å². The normalized spacial score (nSPS) is 23.4. The van der Waals surface area contributed by atoms with Crippen LogP contribution >= 0.6 is 16.1 Å². The number of hydrogen-bond donors (Lipinski definition) is 0. The van der Waals surface area contributed by atoms with Gasteiger partial charge in [0.15, 0.2) is 0 Å². The van der Waals surface area contributed by atoms with E-state index in [1.54, 1.807) is 6.34 Å². The average molecular weight is 220 g/mol. The Labute approximate surface area is 76.4 Å². The summed E-state index contributed by atoms with van der Waals surface area (Å²) < 4.78 is 1.97. The molecule has 0 saturated carbocycles. The van der Waals surface area contributed by atoms with Gasteiger partial charge >= 0.3 is 0 Å². The van der Waals surface area contributed by atoms with Crippen molar-refractivity contribution in [3.63, 3.8) is 0 Å². The van der Waals surface area contributed by atoms with Gasteiger partial charge in [-0.05, 0) is 12.8 Å². The van der Waals surface area contributed by atoms with Crippen LogP contribution in [0.2, 0.25) is 0 Å². The Balaban J connectivity index is 2.33. The first-order valence-corrected chi connectivity index (χ1v) is 4.67. The third-order valence-corrected chi connectivity index (χ3v) is 2.53. The molecule has 1 heterocycles. The second kappa shape index (κ2) is 3.95. The van der Waals surface area contributed by atoms with Crippen LogP contribution in [0.25, 0.3) is 0 Å². The molecule has 0 amide bonds. The van der Waals surface area contributed by atoms with E-state index < -0.39 is 0 Å². The van der Waals surface area contributed by atoms with Crippen LogP contribution in [0.1, 0.15) is 26.2 Å². The highest BCUT2D eigenvalue weighted by Gasteiger charge is 2.21. The SMILES string of the molecule is CCCCC1N(Br)C=NN1C. The predicted octanol–water partition coefficient (Wildman–Crippen LogP) is 2.00. The molecule has 1 unspecified atom stereocenters. The summed E-state index contributed by atoms with van der Waals surface area (Å²) >= 11 is 3.42. The number of halogens is 1. The smallest absolute Gasteiger partial charge is 0.129 e. The van der Waals surface area contributed by atoms with Gasteiger partial charge in [-0.25, -0.2) is 0 Å². The first-order chi connectivity index (χ1) is 5.25. The van der Waals surface area contributed by atoms with E-state index >= 15 is 0 Å². The number of hydrogen-bond acceptors (Lipinski definition) is 3. The van der Waals surface area contributed by atoms with E-state index in [4.69, 9.17) is 0 Å². The minimum absolute atomic E-state index is 0.412. The first-order valence-electron chi connectivity index (χ1n) is 3.96. The largest absolute Gasteiger partial charge is 0.275 e. The zero-order valence-corrected chi connectivity index (χ0v) is 8.58. The maximum absolute atomic E-state index is 4.14. The fourth-order valence-corrected chi connectivity index (χ4v) is 1.69. The van der Waals surface area contributed by atoms with Gasteiger partial charge in [-0.2, -0.15) is 5.10 Å². The first kappa shape index (κ1) is 8.84. The molecule has 11 heavy (non-hydrogen) atoms. The summed E-state index contributed by atoms with van der Waals surface area (Å²) in [5.74, 6) is 0. The standard InChI is InChI=1S/C7H14BrN3/c1-3-4-5-7-10(2)9-6-11(7)8/h6-7H,3-5H2,1-2H3. The summed E-state index contributed by atoms with van der Waals surface area (Å²) in [4.78, 5) is 0. The van der Waals surface area contributed by atoms with E-state index in [1.165, 1.54) is 12.8 Å². The average Bonchev–Trinajstić information content (AvgIpc) is 2.29.